The Bertz CT molecular complexity index is 935. The number of thiazole rings is 1. The Morgan fingerprint density at radius 1 is 1.15 bits per heavy atom. The molecule has 0 saturated carbocycles. The van der Waals surface area contributed by atoms with Crippen molar-refractivity contribution in [2.45, 2.75) is 6.92 Å². The highest BCUT2D eigenvalue weighted by atomic mass is 32.1. The van der Waals surface area contributed by atoms with E-state index in [-0.39, 0.29) is 12.5 Å². The maximum absolute atomic E-state index is 12.5. The summed E-state index contributed by atoms with van der Waals surface area (Å²) in [4.78, 5) is 27.9. The van der Waals surface area contributed by atoms with Crippen molar-refractivity contribution in [3.63, 3.8) is 0 Å². The number of carbonyl (C=O) groups is 2. The van der Waals surface area contributed by atoms with Gasteiger partial charge in [-0.15, -0.1) is 11.3 Å². The molecule has 2 amide bonds. The van der Waals surface area contributed by atoms with Crippen molar-refractivity contribution in [2.75, 3.05) is 11.9 Å². The number of benzene rings is 2. The first-order valence-electron chi connectivity index (χ1n) is 7.87. The van der Waals surface area contributed by atoms with Gasteiger partial charge in [-0.2, -0.15) is 0 Å². The zero-order valence-electron chi connectivity index (χ0n) is 14.1. The van der Waals surface area contributed by atoms with Crippen molar-refractivity contribution in [1.82, 2.24) is 4.98 Å². The van der Waals surface area contributed by atoms with E-state index in [9.17, 15) is 9.59 Å². The average Bonchev–Trinajstić information content (AvgIpc) is 3.09. The Labute approximate surface area is 154 Å². The monoisotopic (exact) mass is 367 g/mol. The first-order chi connectivity index (χ1) is 12.5. The average molecular weight is 367 g/mol. The van der Waals surface area contributed by atoms with Gasteiger partial charge in [0.15, 0.2) is 11.7 Å². The van der Waals surface area contributed by atoms with Crippen molar-refractivity contribution in [3.8, 4) is 17.0 Å². The van der Waals surface area contributed by atoms with Gasteiger partial charge < -0.3 is 10.5 Å². The minimum atomic E-state index is -0.608. The third-order valence-corrected chi connectivity index (χ3v) is 4.33. The van der Waals surface area contributed by atoms with Crippen LogP contribution in [0, 0.1) is 6.92 Å². The number of aryl methyl sites for hydroxylation is 1. The van der Waals surface area contributed by atoms with E-state index in [1.165, 1.54) is 16.9 Å². The summed E-state index contributed by atoms with van der Waals surface area (Å²) in [6, 6.07) is 14.7. The molecular formula is C19H17N3O3S. The molecule has 3 aromatic rings. The Hall–Kier alpha value is -3.19. The maximum atomic E-state index is 12.5. The van der Waals surface area contributed by atoms with E-state index < -0.39 is 5.91 Å². The van der Waals surface area contributed by atoms with Crippen molar-refractivity contribution in [2.24, 2.45) is 5.73 Å². The van der Waals surface area contributed by atoms with E-state index in [0.717, 1.165) is 11.3 Å². The number of ether oxygens (including phenoxy) is 1. The second-order valence-corrected chi connectivity index (χ2v) is 6.47. The molecule has 3 N–H and O–H groups in total. The topological polar surface area (TPSA) is 94.3 Å². The number of nitrogens with zero attached hydrogens (tertiary/aromatic N) is 1. The van der Waals surface area contributed by atoms with Crippen LogP contribution in [0.3, 0.4) is 0 Å². The number of hydrogen-bond donors (Lipinski definition) is 2. The van der Waals surface area contributed by atoms with Gasteiger partial charge in [0, 0.05) is 10.9 Å². The molecule has 0 unspecified atom stereocenters. The summed E-state index contributed by atoms with van der Waals surface area (Å²) in [5.41, 5.74) is 8.34. The van der Waals surface area contributed by atoms with Gasteiger partial charge in [0.05, 0.1) is 11.3 Å². The lowest BCUT2D eigenvalue weighted by Crippen LogP contribution is -2.21. The largest absolute Gasteiger partial charge is 0.483 e. The van der Waals surface area contributed by atoms with Crippen molar-refractivity contribution >= 4 is 28.3 Å². The lowest BCUT2D eigenvalue weighted by Gasteiger charge is -2.09. The summed E-state index contributed by atoms with van der Waals surface area (Å²) >= 11 is 1.34. The van der Waals surface area contributed by atoms with Crippen LogP contribution in [0.25, 0.3) is 11.3 Å². The van der Waals surface area contributed by atoms with Crippen LogP contribution in [0.5, 0.6) is 5.75 Å². The Kier molecular flexibility index (Phi) is 5.28. The van der Waals surface area contributed by atoms with Crippen molar-refractivity contribution < 1.29 is 14.3 Å². The minimum Gasteiger partial charge on any atom is -0.483 e. The predicted octanol–water partition coefficient (Wildman–Crippen LogP) is 3.23. The van der Waals surface area contributed by atoms with E-state index in [4.69, 9.17) is 10.5 Å². The first kappa shape index (κ1) is 17.6. The van der Waals surface area contributed by atoms with Gasteiger partial charge >= 0.3 is 0 Å². The molecule has 0 radical (unpaired) electrons. The van der Waals surface area contributed by atoms with Crippen LogP contribution in [0.15, 0.2) is 53.9 Å². The number of nitrogens with two attached hydrogens (primary N) is 1. The molecule has 7 heteroatoms. The van der Waals surface area contributed by atoms with Crippen molar-refractivity contribution in [1.29, 1.82) is 0 Å². The zero-order valence-corrected chi connectivity index (χ0v) is 14.9. The second-order valence-electron chi connectivity index (χ2n) is 5.61. The SMILES string of the molecule is Cc1ccc(-c2csc(NC(=O)c3ccccc3OCC(N)=O)n2)cc1. The van der Waals surface area contributed by atoms with Gasteiger partial charge in [-0.1, -0.05) is 42.0 Å². The third kappa shape index (κ3) is 4.25. The normalized spacial score (nSPS) is 10.3. The van der Waals surface area contributed by atoms with E-state index in [0.29, 0.717) is 16.4 Å². The number of aromatic nitrogens is 1. The fourth-order valence-electron chi connectivity index (χ4n) is 2.28. The number of para-hydroxylation sites is 1. The molecule has 0 saturated heterocycles. The molecule has 0 fully saturated rings. The number of nitrogens with one attached hydrogen (secondary N) is 1. The van der Waals surface area contributed by atoms with Crippen LogP contribution in [-0.2, 0) is 4.79 Å². The van der Waals surface area contributed by atoms with E-state index in [1.54, 1.807) is 24.3 Å². The standard InChI is InChI=1S/C19H17N3O3S/c1-12-6-8-13(9-7-12)15-11-26-19(21-15)22-18(24)14-4-2-3-5-16(14)25-10-17(20)23/h2-9,11H,10H2,1H3,(H2,20,23)(H,21,22,24). The van der Waals surface area contributed by atoms with Gasteiger partial charge in [0.25, 0.3) is 11.8 Å². The third-order valence-electron chi connectivity index (χ3n) is 3.57. The van der Waals surface area contributed by atoms with Crippen LogP contribution in [0.1, 0.15) is 15.9 Å². The maximum Gasteiger partial charge on any atom is 0.261 e. The molecule has 132 valence electrons. The van der Waals surface area contributed by atoms with E-state index in [2.05, 4.69) is 10.3 Å². The Balaban J connectivity index is 1.75. The summed E-state index contributed by atoms with van der Waals surface area (Å²) in [5.74, 6) is -0.683. The quantitative estimate of drug-likeness (QED) is 0.699. The van der Waals surface area contributed by atoms with Crippen LogP contribution < -0.4 is 15.8 Å². The second kappa shape index (κ2) is 7.79. The molecule has 1 heterocycles. The van der Waals surface area contributed by atoms with E-state index >= 15 is 0 Å². The molecule has 0 atom stereocenters. The summed E-state index contributed by atoms with van der Waals surface area (Å²) in [6.45, 7) is 1.73. The molecule has 6 nitrogen and oxygen atoms in total. The number of hydrogen-bond acceptors (Lipinski definition) is 5. The number of anilines is 1. The number of rotatable bonds is 6. The summed E-state index contributed by atoms with van der Waals surface area (Å²) in [7, 11) is 0. The first-order valence-corrected chi connectivity index (χ1v) is 8.75. The summed E-state index contributed by atoms with van der Waals surface area (Å²) in [5, 5.41) is 5.13. The fraction of sp³-hybridized carbons (Fsp3) is 0.105. The lowest BCUT2D eigenvalue weighted by molar-refractivity contribution is -0.119. The minimum absolute atomic E-state index is 0.291. The van der Waals surface area contributed by atoms with Gasteiger partial charge in [0.1, 0.15) is 5.75 Å². The summed E-state index contributed by atoms with van der Waals surface area (Å²) < 4.78 is 5.29. The lowest BCUT2D eigenvalue weighted by atomic mass is 10.1. The molecule has 0 spiro atoms. The van der Waals surface area contributed by atoms with E-state index in [1.807, 2.05) is 36.6 Å². The Morgan fingerprint density at radius 3 is 2.62 bits per heavy atom. The molecular weight excluding hydrogens is 350 g/mol. The summed E-state index contributed by atoms with van der Waals surface area (Å²) in [6.07, 6.45) is 0. The molecule has 2 aromatic carbocycles. The molecule has 0 bridgehead atoms. The molecule has 26 heavy (non-hydrogen) atoms. The van der Waals surface area contributed by atoms with Crippen LogP contribution in [0.4, 0.5) is 5.13 Å². The van der Waals surface area contributed by atoms with Crippen molar-refractivity contribution in [3.05, 3.63) is 65.0 Å². The Morgan fingerprint density at radius 2 is 1.88 bits per heavy atom. The van der Waals surface area contributed by atoms with Crippen LogP contribution in [0.2, 0.25) is 0 Å². The number of amides is 2. The van der Waals surface area contributed by atoms with Gasteiger partial charge in [0.2, 0.25) is 0 Å². The molecule has 0 aliphatic heterocycles. The number of carbonyl (C=O) groups excluding carboxylic acids is 2. The fourth-order valence-corrected chi connectivity index (χ4v) is 3.00. The number of primary amides is 1. The molecule has 0 aliphatic carbocycles. The predicted molar refractivity (Wildman–Crippen MR) is 101 cm³/mol. The highest BCUT2D eigenvalue weighted by Gasteiger charge is 2.15. The highest BCUT2D eigenvalue weighted by molar-refractivity contribution is 7.14. The zero-order chi connectivity index (χ0) is 18.5. The molecule has 3 rings (SSSR count). The molecule has 1 aromatic heterocycles. The van der Waals surface area contributed by atoms with Crippen LogP contribution >= 0.6 is 11.3 Å². The molecule has 0 aliphatic rings. The van der Waals surface area contributed by atoms with Gasteiger partial charge in [-0.3, -0.25) is 14.9 Å². The van der Waals surface area contributed by atoms with Gasteiger partial charge in [-0.25, -0.2) is 4.98 Å². The smallest absolute Gasteiger partial charge is 0.261 e. The van der Waals surface area contributed by atoms with Gasteiger partial charge in [-0.05, 0) is 19.1 Å². The van der Waals surface area contributed by atoms with Crippen LogP contribution in [-0.4, -0.2) is 23.4 Å². The highest BCUT2D eigenvalue weighted by Crippen LogP contribution is 2.26.